The number of nitrogens with one attached hydrogen (secondary N) is 2. The lowest BCUT2D eigenvalue weighted by atomic mass is 10.2. The van der Waals surface area contributed by atoms with Crippen molar-refractivity contribution in [1.82, 2.24) is 20.1 Å². The second-order valence-electron chi connectivity index (χ2n) is 5.08. The van der Waals surface area contributed by atoms with Gasteiger partial charge < -0.3 is 10.6 Å². The third-order valence-corrected chi connectivity index (χ3v) is 3.35. The molecular formula is C17H13FN6O. The number of hydrogen-bond acceptors (Lipinski definition) is 4. The average Bonchev–Trinajstić information content (AvgIpc) is 3.16. The summed E-state index contributed by atoms with van der Waals surface area (Å²) in [5, 5.41) is 18.3. The predicted octanol–water partition coefficient (Wildman–Crippen LogP) is 2.60. The molecule has 0 atom stereocenters. The summed E-state index contributed by atoms with van der Waals surface area (Å²) in [6.45, 7) is 0.256. The van der Waals surface area contributed by atoms with Crippen molar-refractivity contribution >= 4 is 11.7 Å². The fourth-order valence-corrected chi connectivity index (χ4v) is 2.17. The maximum absolute atomic E-state index is 13.1. The number of carbonyl (C=O) groups is 1. The van der Waals surface area contributed by atoms with Crippen LogP contribution in [0.15, 0.2) is 55.0 Å². The summed E-state index contributed by atoms with van der Waals surface area (Å²) >= 11 is 0. The van der Waals surface area contributed by atoms with Gasteiger partial charge in [-0.05, 0) is 42.0 Å². The molecule has 0 unspecified atom stereocenters. The molecule has 1 aromatic carbocycles. The Morgan fingerprint density at radius 1 is 1.28 bits per heavy atom. The highest BCUT2D eigenvalue weighted by molar-refractivity contribution is 5.90. The molecule has 0 saturated heterocycles. The highest BCUT2D eigenvalue weighted by Crippen LogP contribution is 2.15. The Morgan fingerprint density at radius 2 is 2.16 bits per heavy atom. The molecule has 3 rings (SSSR count). The smallest absolute Gasteiger partial charge is 0.319 e. The Bertz CT molecular complexity index is 933. The van der Waals surface area contributed by atoms with E-state index >= 15 is 0 Å². The van der Waals surface area contributed by atoms with Gasteiger partial charge in [-0.15, -0.1) is 0 Å². The Hall–Kier alpha value is -3.73. The first-order valence-corrected chi connectivity index (χ1v) is 7.35. The van der Waals surface area contributed by atoms with Crippen LogP contribution in [-0.4, -0.2) is 20.8 Å². The SMILES string of the molecule is N#Cc1cc(F)ccc1NC(=O)NCc1ccnc(-n2cccn2)c1. The highest BCUT2D eigenvalue weighted by Gasteiger charge is 2.08. The fraction of sp³-hybridized carbons (Fsp3) is 0.0588. The number of halogens is 1. The third kappa shape index (κ3) is 3.97. The molecule has 8 heteroatoms. The zero-order valence-electron chi connectivity index (χ0n) is 13.0. The maximum Gasteiger partial charge on any atom is 0.319 e. The van der Waals surface area contributed by atoms with Crippen molar-refractivity contribution in [3.8, 4) is 11.9 Å². The minimum Gasteiger partial charge on any atom is -0.334 e. The molecule has 0 spiro atoms. The molecule has 0 fully saturated rings. The minimum absolute atomic E-state index is 0.0556. The van der Waals surface area contributed by atoms with Crippen molar-refractivity contribution in [3.63, 3.8) is 0 Å². The van der Waals surface area contributed by atoms with Gasteiger partial charge in [0.1, 0.15) is 11.9 Å². The van der Waals surface area contributed by atoms with Crippen LogP contribution < -0.4 is 10.6 Å². The van der Waals surface area contributed by atoms with Crippen molar-refractivity contribution in [3.05, 3.63) is 71.9 Å². The van der Waals surface area contributed by atoms with E-state index in [9.17, 15) is 9.18 Å². The van der Waals surface area contributed by atoms with Crippen LogP contribution in [0.2, 0.25) is 0 Å². The molecule has 25 heavy (non-hydrogen) atoms. The summed E-state index contributed by atoms with van der Waals surface area (Å²) in [4.78, 5) is 16.2. The molecule has 124 valence electrons. The van der Waals surface area contributed by atoms with Crippen LogP contribution in [0.25, 0.3) is 5.82 Å². The van der Waals surface area contributed by atoms with Gasteiger partial charge in [0.15, 0.2) is 5.82 Å². The number of aromatic nitrogens is 3. The van der Waals surface area contributed by atoms with E-state index in [0.717, 1.165) is 11.6 Å². The molecule has 0 aliphatic heterocycles. The first kappa shape index (κ1) is 16.1. The number of anilines is 1. The lowest BCUT2D eigenvalue weighted by molar-refractivity contribution is 0.251. The number of rotatable bonds is 4. The van der Waals surface area contributed by atoms with Crippen molar-refractivity contribution in [2.24, 2.45) is 0 Å². The average molecular weight is 336 g/mol. The minimum atomic E-state index is -0.537. The Kier molecular flexibility index (Phi) is 4.67. The van der Waals surface area contributed by atoms with Crippen molar-refractivity contribution in [1.29, 1.82) is 5.26 Å². The van der Waals surface area contributed by atoms with E-state index in [0.29, 0.717) is 5.82 Å². The normalized spacial score (nSPS) is 10.1. The molecule has 0 aliphatic carbocycles. The molecule has 3 aromatic rings. The van der Waals surface area contributed by atoms with Gasteiger partial charge in [-0.25, -0.2) is 18.9 Å². The standard InChI is InChI=1S/C17H13FN6O/c18-14-2-3-15(13(9-14)10-19)23-17(25)21-11-12-4-6-20-16(8-12)24-7-1-5-22-24/h1-9H,11H2,(H2,21,23,25). The van der Waals surface area contributed by atoms with E-state index in [1.54, 1.807) is 41.5 Å². The van der Waals surface area contributed by atoms with Crippen molar-refractivity contribution in [2.75, 3.05) is 5.32 Å². The third-order valence-electron chi connectivity index (χ3n) is 3.35. The number of nitrogens with zero attached hydrogens (tertiary/aromatic N) is 4. The van der Waals surface area contributed by atoms with Gasteiger partial charge in [-0.1, -0.05) is 0 Å². The maximum atomic E-state index is 13.1. The number of urea groups is 1. The van der Waals surface area contributed by atoms with E-state index in [-0.39, 0.29) is 17.8 Å². The number of carbonyl (C=O) groups excluding carboxylic acids is 1. The van der Waals surface area contributed by atoms with E-state index in [1.807, 2.05) is 6.07 Å². The predicted molar refractivity (Wildman–Crippen MR) is 88.3 cm³/mol. The molecular weight excluding hydrogens is 323 g/mol. The van der Waals surface area contributed by atoms with Crippen LogP contribution in [0.4, 0.5) is 14.9 Å². The summed E-state index contributed by atoms with van der Waals surface area (Å²) in [6, 6.07) is 10.3. The Morgan fingerprint density at radius 3 is 2.92 bits per heavy atom. The van der Waals surface area contributed by atoms with Crippen LogP contribution >= 0.6 is 0 Å². The molecule has 2 N–H and O–H groups in total. The highest BCUT2D eigenvalue weighted by atomic mass is 19.1. The number of nitriles is 1. The van der Waals surface area contributed by atoms with Gasteiger partial charge >= 0.3 is 6.03 Å². The van der Waals surface area contributed by atoms with Crippen molar-refractivity contribution in [2.45, 2.75) is 6.54 Å². The Labute approximate surface area is 142 Å². The van der Waals surface area contributed by atoms with Crippen LogP contribution in [0.5, 0.6) is 0 Å². The molecule has 0 bridgehead atoms. The van der Waals surface area contributed by atoms with Crippen LogP contribution in [0.3, 0.4) is 0 Å². The molecule has 2 amide bonds. The molecule has 0 radical (unpaired) electrons. The van der Waals surface area contributed by atoms with Crippen LogP contribution in [0, 0.1) is 17.1 Å². The summed E-state index contributed by atoms with van der Waals surface area (Å²) in [7, 11) is 0. The topological polar surface area (TPSA) is 95.6 Å². The van der Waals surface area contributed by atoms with Gasteiger partial charge in [-0.2, -0.15) is 10.4 Å². The van der Waals surface area contributed by atoms with Gasteiger partial charge in [0.2, 0.25) is 0 Å². The molecule has 0 saturated carbocycles. The monoisotopic (exact) mass is 336 g/mol. The Balaban J connectivity index is 1.63. The van der Waals surface area contributed by atoms with E-state index < -0.39 is 11.8 Å². The molecule has 2 aromatic heterocycles. The molecule has 7 nitrogen and oxygen atoms in total. The largest absolute Gasteiger partial charge is 0.334 e. The lowest BCUT2D eigenvalue weighted by Crippen LogP contribution is -2.28. The van der Waals surface area contributed by atoms with Gasteiger partial charge in [-0.3, -0.25) is 0 Å². The van der Waals surface area contributed by atoms with Gasteiger partial charge in [0.25, 0.3) is 0 Å². The first-order chi connectivity index (χ1) is 12.2. The van der Waals surface area contributed by atoms with Crippen molar-refractivity contribution < 1.29 is 9.18 Å². The summed E-state index contributed by atoms with van der Waals surface area (Å²) in [6.07, 6.45) is 5.04. The quantitative estimate of drug-likeness (QED) is 0.765. The van der Waals surface area contributed by atoms with Crippen LogP contribution in [-0.2, 0) is 6.54 Å². The summed E-state index contributed by atoms with van der Waals surface area (Å²) < 4.78 is 14.7. The summed E-state index contributed by atoms with van der Waals surface area (Å²) in [5.41, 5.74) is 1.13. The number of amides is 2. The van der Waals surface area contributed by atoms with Crippen LogP contribution in [0.1, 0.15) is 11.1 Å². The summed E-state index contributed by atoms with van der Waals surface area (Å²) in [5.74, 6) is 0.0976. The lowest BCUT2D eigenvalue weighted by Gasteiger charge is -2.09. The van der Waals surface area contributed by atoms with Gasteiger partial charge in [0.05, 0.1) is 11.3 Å². The first-order valence-electron chi connectivity index (χ1n) is 7.35. The fourth-order valence-electron chi connectivity index (χ4n) is 2.17. The van der Waals surface area contributed by atoms with E-state index in [4.69, 9.17) is 5.26 Å². The van der Waals surface area contributed by atoms with E-state index in [2.05, 4.69) is 20.7 Å². The second-order valence-corrected chi connectivity index (χ2v) is 5.08. The number of pyridine rings is 1. The number of hydrogen-bond donors (Lipinski definition) is 2. The molecule has 2 heterocycles. The number of benzene rings is 1. The zero-order chi connectivity index (χ0) is 17.6. The second kappa shape index (κ2) is 7.23. The molecule has 0 aliphatic rings. The zero-order valence-corrected chi connectivity index (χ0v) is 13.0. The van der Waals surface area contributed by atoms with E-state index in [1.165, 1.54) is 12.1 Å². The van der Waals surface area contributed by atoms with Gasteiger partial charge in [0, 0.05) is 25.1 Å².